The van der Waals surface area contributed by atoms with Gasteiger partial charge in [-0.25, -0.2) is 0 Å². The molecule has 0 aliphatic carbocycles. The fraction of sp³-hybridized carbons (Fsp3) is 0.111. The predicted molar refractivity (Wildman–Crippen MR) is 93.4 cm³/mol. The van der Waals surface area contributed by atoms with Gasteiger partial charge in [-0.15, -0.1) is 6.58 Å². The van der Waals surface area contributed by atoms with Gasteiger partial charge in [0.05, 0.1) is 16.3 Å². The van der Waals surface area contributed by atoms with E-state index in [-0.39, 0.29) is 22.2 Å². The Morgan fingerprint density at radius 1 is 1.04 bits per heavy atom. The number of halogens is 4. The molecule has 2 aromatic carbocycles. The van der Waals surface area contributed by atoms with E-state index in [0.29, 0.717) is 12.1 Å². The van der Waals surface area contributed by atoms with Crippen molar-refractivity contribution in [3.05, 3.63) is 76.8 Å². The summed E-state index contributed by atoms with van der Waals surface area (Å²) in [4.78, 5) is 24.0. The Hall–Kier alpha value is -2.80. The molecule has 0 radical (unpaired) electrons. The van der Waals surface area contributed by atoms with E-state index in [9.17, 15) is 22.8 Å². The van der Waals surface area contributed by atoms with Crippen molar-refractivity contribution in [1.82, 2.24) is 5.32 Å². The lowest BCUT2D eigenvalue weighted by molar-refractivity contribution is -0.137. The van der Waals surface area contributed by atoms with Crippen molar-refractivity contribution < 1.29 is 22.8 Å². The lowest BCUT2D eigenvalue weighted by atomic mass is 10.1. The highest BCUT2D eigenvalue weighted by atomic mass is 35.5. The number of anilines is 1. The van der Waals surface area contributed by atoms with Crippen LogP contribution in [-0.4, -0.2) is 18.4 Å². The van der Waals surface area contributed by atoms with E-state index >= 15 is 0 Å². The first kappa shape index (κ1) is 19.5. The fourth-order valence-electron chi connectivity index (χ4n) is 2.03. The summed E-state index contributed by atoms with van der Waals surface area (Å²) in [6.07, 6.45) is -3.02. The van der Waals surface area contributed by atoms with Gasteiger partial charge in [0.2, 0.25) is 0 Å². The SMILES string of the molecule is C=CCNC(=O)c1ccc(C(=O)Nc2cc(C(F)(F)F)ccc2Cl)cc1. The molecule has 0 spiro atoms. The molecule has 0 saturated carbocycles. The van der Waals surface area contributed by atoms with E-state index in [2.05, 4.69) is 17.2 Å². The van der Waals surface area contributed by atoms with Crippen LogP contribution in [0.5, 0.6) is 0 Å². The van der Waals surface area contributed by atoms with Crippen molar-refractivity contribution in [2.24, 2.45) is 0 Å². The van der Waals surface area contributed by atoms with Crippen LogP contribution >= 0.6 is 11.6 Å². The van der Waals surface area contributed by atoms with E-state index < -0.39 is 17.6 Å². The molecule has 26 heavy (non-hydrogen) atoms. The van der Waals surface area contributed by atoms with Crippen molar-refractivity contribution in [2.75, 3.05) is 11.9 Å². The summed E-state index contributed by atoms with van der Waals surface area (Å²) in [6, 6.07) is 8.29. The molecule has 0 atom stereocenters. The molecule has 0 heterocycles. The smallest absolute Gasteiger partial charge is 0.349 e. The number of carbonyl (C=O) groups is 2. The Labute approximate surface area is 152 Å². The summed E-state index contributed by atoms with van der Waals surface area (Å²) in [5.74, 6) is -0.984. The maximum absolute atomic E-state index is 12.8. The standard InChI is InChI=1S/C18H14ClF3N2O2/c1-2-9-23-16(25)11-3-5-12(6-4-11)17(26)24-15-10-13(18(20,21)22)7-8-14(15)19/h2-8,10H,1,9H2,(H,23,25)(H,24,26). The maximum Gasteiger partial charge on any atom is 0.416 e. The first-order chi connectivity index (χ1) is 12.2. The van der Waals surface area contributed by atoms with Gasteiger partial charge in [-0.3, -0.25) is 9.59 Å². The van der Waals surface area contributed by atoms with Gasteiger partial charge in [-0.2, -0.15) is 13.2 Å². The van der Waals surface area contributed by atoms with Crippen LogP contribution in [0.15, 0.2) is 55.1 Å². The molecule has 2 aromatic rings. The lowest BCUT2D eigenvalue weighted by Crippen LogP contribution is -2.23. The van der Waals surface area contributed by atoms with Crippen LogP contribution in [0.2, 0.25) is 5.02 Å². The molecule has 8 heteroatoms. The summed E-state index contributed by atoms with van der Waals surface area (Å²) in [6.45, 7) is 3.78. The van der Waals surface area contributed by atoms with E-state index in [1.165, 1.54) is 30.3 Å². The van der Waals surface area contributed by atoms with Crippen LogP contribution in [0.3, 0.4) is 0 Å². The van der Waals surface area contributed by atoms with Crippen molar-refractivity contribution in [3.8, 4) is 0 Å². The third-order valence-corrected chi connectivity index (χ3v) is 3.69. The Balaban J connectivity index is 2.15. The number of rotatable bonds is 5. The number of benzene rings is 2. The maximum atomic E-state index is 12.8. The minimum Gasteiger partial charge on any atom is -0.349 e. The number of hydrogen-bond acceptors (Lipinski definition) is 2. The molecule has 0 aliphatic rings. The van der Waals surface area contributed by atoms with Crippen LogP contribution in [0, 0.1) is 0 Å². The largest absolute Gasteiger partial charge is 0.416 e. The topological polar surface area (TPSA) is 58.2 Å². The highest BCUT2D eigenvalue weighted by molar-refractivity contribution is 6.34. The van der Waals surface area contributed by atoms with Gasteiger partial charge in [0.15, 0.2) is 0 Å². The number of alkyl halides is 3. The summed E-state index contributed by atoms with van der Waals surface area (Å²) < 4.78 is 38.3. The number of carbonyl (C=O) groups excluding carboxylic acids is 2. The van der Waals surface area contributed by atoms with Gasteiger partial charge < -0.3 is 10.6 Å². The molecule has 0 saturated heterocycles. The average molecular weight is 383 g/mol. The van der Waals surface area contributed by atoms with E-state index in [0.717, 1.165) is 18.2 Å². The Morgan fingerprint density at radius 3 is 2.15 bits per heavy atom. The number of nitrogens with one attached hydrogen (secondary N) is 2. The Bertz CT molecular complexity index is 833. The molecule has 2 N–H and O–H groups in total. The minimum atomic E-state index is -4.55. The van der Waals surface area contributed by atoms with Crippen LogP contribution in [0.4, 0.5) is 18.9 Å². The minimum absolute atomic E-state index is 0.0215. The molecule has 136 valence electrons. The molecule has 0 bridgehead atoms. The molecule has 2 rings (SSSR count). The molecule has 2 amide bonds. The van der Waals surface area contributed by atoms with E-state index in [4.69, 9.17) is 11.6 Å². The molecule has 0 aromatic heterocycles. The first-order valence-electron chi connectivity index (χ1n) is 7.39. The normalized spacial score (nSPS) is 10.9. The van der Waals surface area contributed by atoms with Crippen LogP contribution in [-0.2, 0) is 6.18 Å². The molecule has 0 unspecified atom stereocenters. The van der Waals surface area contributed by atoms with Crippen molar-refractivity contribution >= 4 is 29.1 Å². The summed E-state index contributed by atoms with van der Waals surface area (Å²) in [7, 11) is 0. The lowest BCUT2D eigenvalue weighted by Gasteiger charge is -2.12. The van der Waals surface area contributed by atoms with E-state index in [1.807, 2.05) is 0 Å². The average Bonchev–Trinajstić information content (AvgIpc) is 2.60. The van der Waals surface area contributed by atoms with Gasteiger partial charge in [-0.05, 0) is 42.5 Å². The van der Waals surface area contributed by atoms with E-state index in [1.54, 1.807) is 0 Å². The second kappa shape index (κ2) is 8.05. The summed E-state index contributed by atoms with van der Waals surface area (Å²) in [5.41, 5.74) is -0.579. The summed E-state index contributed by atoms with van der Waals surface area (Å²) >= 11 is 5.85. The van der Waals surface area contributed by atoms with Crippen molar-refractivity contribution in [3.63, 3.8) is 0 Å². The van der Waals surface area contributed by atoms with Crippen LogP contribution in [0.25, 0.3) is 0 Å². The number of amides is 2. The highest BCUT2D eigenvalue weighted by Gasteiger charge is 2.31. The Kier molecular flexibility index (Phi) is 6.05. The molecule has 0 fully saturated rings. The highest BCUT2D eigenvalue weighted by Crippen LogP contribution is 2.33. The second-order valence-electron chi connectivity index (χ2n) is 5.22. The van der Waals surface area contributed by atoms with Crippen molar-refractivity contribution in [2.45, 2.75) is 6.18 Å². The third kappa shape index (κ3) is 4.86. The van der Waals surface area contributed by atoms with Crippen LogP contribution < -0.4 is 10.6 Å². The molecule has 0 aliphatic heterocycles. The first-order valence-corrected chi connectivity index (χ1v) is 7.77. The zero-order valence-corrected chi connectivity index (χ0v) is 14.1. The fourth-order valence-corrected chi connectivity index (χ4v) is 2.20. The third-order valence-electron chi connectivity index (χ3n) is 3.36. The van der Waals surface area contributed by atoms with Crippen molar-refractivity contribution in [1.29, 1.82) is 0 Å². The molecular formula is C18H14ClF3N2O2. The monoisotopic (exact) mass is 382 g/mol. The van der Waals surface area contributed by atoms with Gasteiger partial charge in [0.1, 0.15) is 0 Å². The van der Waals surface area contributed by atoms with Gasteiger partial charge in [-0.1, -0.05) is 17.7 Å². The predicted octanol–water partition coefficient (Wildman–Crippen LogP) is 4.53. The quantitative estimate of drug-likeness (QED) is 0.746. The van der Waals surface area contributed by atoms with Crippen LogP contribution in [0.1, 0.15) is 26.3 Å². The Morgan fingerprint density at radius 2 is 1.62 bits per heavy atom. The molecular weight excluding hydrogens is 369 g/mol. The second-order valence-corrected chi connectivity index (χ2v) is 5.63. The van der Waals surface area contributed by atoms with Gasteiger partial charge >= 0.3 is 6.18 Å². The number of hydrogen-bond donors (Lipinski definition) is 2. The zero-order chi connectivity index (χ0) is 19.3. The zero-order valence-electron chi connectivity index (χ0n) is 13.4. The van der Waals surface area contributed by atoms with Gasteiger partial charge in [0.25, 0.3) is 11.8 Å². The summed E-state index contributed by atoms with van der Waals surface area (Å²) in [5, 5.41) is 4.90. The van der Waals surface area contributed by atoms with Gasteiger partial charge in [0, 0.05) is 17.7 Å². The molecule has 4 nitrogen and oxygen atoms in total.